The van der Waals surface area contributed by atoms with Crippen molar-refractivity contribution in [2.45, 2.75) is 5.92 Å². The number of halogens is 1. The third-order valence-corrected chi connectivity index (χ3v) is 2.07. The van der Waals surface area contributed by atoms with E-state index in [4.69, 9.17) is 0 Å². The van der Waals surface area contributed by atoms with Crippen molar-refractivity contribution in [2.24, 2.45) is 0 Å². The van der Waals surface area contributed by atoms with Crippen LogP contribution in [0.1, 0.15) is 17.0 Å². The monoisotopic (exact) mass is 148 g/mol. The summed E-state index contributed by atoms with van der Waals surface area (Å²) in [4.78, 5) is 0. The van der Waals surface area contributed by atoms with Crippen LogP contribution in [0.15, 0.2) is 30.3 Å². The molecule has 11 heavy (non-hydrogen) atoms. The van der Waals surface area contributed by atoms with Gasteiger partial charge in [0.1, 0.15) is 0 Å². The fourth-order valence-corrected chi connectivity index (χ4v) is 1.46. The van der Waals surface area contributed by atoms with Crippen molar-refractivity contribution < 1.29 is 4.39 Å². The van der Waals surface area contributed by atoms with E-state index in [0.717, 1.165) is 11.1 Å². The molecule has 1 aliphatic carbocycles. The van der Waals surface area contributed by atoms with Gasteiger partial charge in [-0.15, -0.1) is 0 Å². The molecule has 0 spiro atoms. The van der Waals surface area contributed by atoms with Gasteiger partial charge in [0.2, 0.25) is 0 Å². The van der Waals surface area contributed by atoms with E-state index in [0.29, 0.717) is 0 Å². The van der Waals surface area contributed by atoms with Gasteiger partial charge in [-0.25, -0.2) is 0 Å². The number of allylic oxidation sites excluding steroid dienone is 1. The first-order valence-corrected chi connectivity index (χ1v) is 3.75. The molecule has 1 unspecified atom stereocenters. The van der Waals surface area contributed by atoms with Gasteiger partial charge in [0.05, 0.1) is 6.67 Å². The summed E-state index contributed by atoms with van der Waals surface area (Å²) < 4.78 is 12.3. The van der Waals surface area contributed by atoms with Crippen LogP contribution in [0.2, 0.25) is 0 Å². The van der Waals surface area contributed by atoms with Crippen LogP contribution in [0, 0.1) is 0 Å². The maximum atomic E-state index is 12.3. The molecule has 0 aliphatic heterocycles. The number of benzene rings is 1. The predicted octanol–water partition coefficient (Wildman–Crippen LogP) is 2.77. The lowest BCUT2D eigenvalue weighted by Crippen LogP contribution is -1.93. The zero-order chi connectivity index (χ0) is 7.68. The molecule has 0 N–H and O–H groups in total. The van der Waals surface area contributed by atoms with Crippen molar-refractivity contribution >= 4 is 6.08 Å². The fraction of sp³-hybridized carbons (Fsp3) is 0.200. The highest BCUT2D eigenvalue weighted by molar-refractivity contribution is 5.62. The average Bonchev–Trinajstić information content (AvgIpc) is 2.47. The van der Waals surface area contributed by atoms with Gasteiger partial charge in [0.25, 0.3) is 0 Å². The Balaban J connectivity index is 2.46. The van der Waals surface area contributed by atoms with Gasteiger partial charge in [-0.1, -0.05) is 36.4 Å². The number of alkyl halides is 1. The highest BCUT2D eigenvalue weighted by atomic mass is 19.1. The molecule has 1 aromatic carbocycles. The fourth-order valence-electron chi connectivity index (χ4n) is 1.46. The zero-order valence-electron chi connectivity index (χ0n) is 6.13. The first kappa shape index (κ1) is 6.59. The van der Waals surface area contributed by atoms with Gasteiger partial charge < -0.3 is 0 Å². The first-order valence-electron chi connectivity index (χ1n) is 3.75. The zero-order valence-corrected chi connectivity index (χ0v) is 6.13. The summed E-state index contributed by atoms with van der Waals surface area (Å²) in [5, 5.41) is 0. The van der Waals surface area contributed by atoms with Gasteiger partial charge in [-0.05, 0) is 11.1 Å². The third kappa shape index (κ3) is 0.967. The minimum Gasteiger partial charge on any atom is -0.250 e. The number of hydrogen-bond acceptors (Lipinski definition) is 0. The molecule has 0 saturated heterocycles. The minimum atomic E-state index is -0.284. The average molecular weight is 148 g/mol. The Hall–Kier alpha value is -1.11. The molecule has 0 amide bonds. The number of hydrogen-bond donors (Lipinski definition) is 0. The lowest BCUT2D eigenvalue weighted by atomic mass is 10.0. The summed E-state index contributed by atoms with van der Waals surface area (Å²) in [5.74, 6) is 0.00574. The van der Waals surface area contributed by atoms with Gasteiger partial charge in [0, 0.05) is 5.92 Å². The molecule has 1 heteroatoms. The van der Waals surface area contributed by atoms with Crippen LogP contribution in [0.4, 0.5) is 4.39 Å². The molecule has 1 atom stereocenters. The lowest BCUT2D eigenvalue weighted by Gasteiger charge is -2.04. The summed E-state index contributed by atoms with van der Waals surface area (Å²) in [5.41, 5.74) is 2.28. The Morgan fingerprint density at radius 2 is 2.09 bits per heavy atom. The molecule has 56 valence electrons. The normalized spacial score (nSPS) is 20.3. The molecule has 0 nitrogen and oxygen atoms in total. The lowest BCUT2D eigenvalue weighted by molar-refractivity contribution is 0.469. The highest BCUT2D eigenvalue weighted by Gasteiger charge is 2.15. The van der Waals surface area contributed by atoms with Crippen molar-refractivity contribution in [3.8, 4) is 0 Å². The van der Waals surface area contributed by atoms with Gasteiger partial charge in [-0.2, -0.15) is 0 Å². The van der Waals surface area contributed by atoms with Crippen LogP contribution in [0.5, 0.6) is 0 Å². The topological polar surface area (TPSA) is 0 Å². The molecule has 0 fully saturated rings. The molecule has 0 bridgehead atoms. The minimum absolute atomic E-state index is 0.00574. The van der Waals surface area contributed by atoms with Crippen molar-refractivity contribution in [3.63, 3.8) is 0 Å². The maximum Gasteiger partial charge on any atom is 0.0997 e. The summed E-state index contributed by atoms with van der Waals surface area (Å²) >= 11 is 0. The molecule has 0 heterocycles. The second-order valence-corrected chi connectivity index (χ2v) is 2.75. The third-order valence-electron chi connectivity index (χ3n) is 2.07. The van der Waals surface area contributed by atoms with Crippen LogP contribution < -0.4 is 0 Å². The van der Waals surface area contributed by atoms with E-state index >= 15 is 0 Å². The Bertz CT molecular complexity index is 289. The maximum absolute atomic E-state index is 12.3. The van der Waals surface area contributed by atoms with Gasteiger partial charge in [-0.3, -0.25) is 4.39 Å². The van der Waals surface area contributed by atoms with Crippen molar-refractivity contribution in [2.75, 3.05) is 6.67 Å². The van der Waals surface area contributed by atoms with E-state index < -0.39 is 0 Å². The molecule has 0 aromatic heterocycles. The van der Waals surface area contributed by atoms with Gasteiger partial charge >= 0.3 is 0 Å². The molecular weight excluding hydrogens is 139 g/mol. The summed E-state index contributed by atoms with van der Waals surface area (Å²) in [6.45, 7) is -0.284. The van der Waals surface area contributed by atoms with E-state index in [1.807, 2.05) is 36.4 Å². The first-order chi connectivity index (χ1) is 5.42. The Kier molecular flexibility index (Phi) is 1.50. The van der Waals surface area contributed by atoms with Crippen LogP contribution in [-0.4, -0.2) is 6.67 Å². The van der Waals surface area contributed by atoms with E-state index in [2.05, 4.69) is 0 Å². The Morgan fingerprint density at radius 3 is 2.91 bits per heavy atom. The van der Waals surface area contributed by atoms with Crippen LogP contribution in [-0.2, 0) is 0 Å². The molecule has 2 rings (SSSR count). The van der Waals surface area contributed by atoms with Crippen molar-refractivity contribution in [1.29, 1.82) is 0 Å². The smallest absolute Gasteiger partial charge is 0.0997 e. The number of fused-ring (bicyclic) bond motifs is 1. The van der Waals surface area contributed by atoms with Crippen molar-refractivity contribution in [1.82, 2.24) is 0 Å². The Labute approximate surface area is 65.4 Å². The van der Waals surface area contributed by atoms with Crippen LogP contribution >= 0.6 is 0 Å². The van der Waals surface area contributed by atoms with E-state index in [-0.39, 0.29) is 12.6 Å². The summed E-state index contributed by atoms with van der Waals surface area (Å²) in [6.07, 6.45) is 3.91. The molecular formula is C10H9F. The summed E-state index contributed by atoms with van der Waals surface area (Å²) in [7, 11) is 0. The van der Waals surface area contributed by atoms with Crippen molar-refractivity contribution in [3.05, 3.63) is 41.5 Å². The second kappa shape index (κ2) is 2.50. The van der Waals surface area contributed by atoms with E-state index in [9.17, 15) is 4.39 Å². The highest BCUT2D eigenvalue weighted by Crippen LogP contribution is 2.29. The van der Waals surface area contributed by atoms with Crippen LogP contribution in [0.25, 0.3) is 6.08 Å². The molecule has 1 aromatic rings. The predicted molar refractivity (Wildman–Crippen MR) is 44.2 cm³/mol. The SMILES string of the molecule is FCC1C=Cc2ccccc21. The summed E-state index contributed by atoms with van der Waals surface area (Å²) in [6, 6.07) is 7.93. The second-order valence-electron chi connectivity index (χ2n) is 2.75. The standard InChI is InChI=1S/C10H9F/c11-7-9-6-5-8-3-1-2-4-10(8)9/h1-6,9H,7H2. The van der Waals surface area contributed by atoms with Crippen LogP contribution in [0.3, 0.4) is 0 Å². The van der Waals surface area contributed by atoms with Gasteiger partial charge in [0.15, 0.2) is 0 Å². The Morgan fingerprint density at radius 1 is 1.27 bits per heavy atom. The molecule has 0 radical (unpaired) electrons. The largest absolute Gasteiger partial charge is 0.250 e. The quantitative estimate of drug-likeness (QED) is 0.574. The van der Waals surface area contributed by atoms with E-state index in [1.54, 1.807) is 0 Å². The van der Waals surface area contributed by atoms with E-state index in [1.165, 1.54) is 0 Å². The molecule has 0 saturated carbocycles. The number of rotatable bonds is 1. The molecule has 1 aliphatic rings.